The normalized spacial score (nSPS) is 12.6. The Kier molecular flexibility index (Phi) is 3.89. The molecule has 0 spiro atoms. The fourth-order valence-electron chi connectivity index (χ4n) is 1.52. The molecule has 0 N–H and O–H groups in total. The lowest BCUT2D eigenvalue weighted by Crippen LogP contribution is -2.00. The van der Waals surface area contributed by atoms with Gasteiger partial charge in [-0.15, -0.1) is 5.10 Å². The number of nitrogens with zero attached hydrogens (tertiary/aromatic N) is 3. The molecule has 5 heteroatoms. The molecule has 0 saturated heterocycles. The predicted octanol–water partition coefficient (Wildman–Crippen LogP) is 3.31. The smallest absolute Gasteiger partial charge is 0.123 e. The van der Waals surface area contributed by atoms with Crippen LogP contribution in [0.4, 0.5) is 4.39 Å². The SMILES string of the molecule is CCC(Br)c1cn(Cc2ccc(F)cc2)nn1. The maximum absolute atomic E-state index is 12.7. The summed E-state index contributed by atoms with van der Waals surface area (Å²) in [6.07, 6.45) is 2.88. The predicted molar refractivity (Wildman–Crippen MR) is 67.5 cm³/mol. The zero-order chi connectivity index (χ0) is 12.3. The van der Waals surface area contributed by atoms with E-state index in [2.05, 4.69) is 33.2 Å². The molecule has 0 saturated carbocycles. The summed E-state index contributed by atoms with van der Waals surface area (Å²) in [6.45, 7) is 2.69. The Morgan fingerprint density at radius 1 is 1.35 bits per heavy atom. The van der Waals surface area contributed by atoms with Crippen LogP contribution in [-0.2, 0) is 6.54 Å². The third kappa shape index (κ3) is 3.12. The molecule has 3 nitrogen and oxygen atoms in total. The van der Waals surface area contributed by atoms with Gasteiger partial charge in [0.05, 0.1) is 17.1 Å². The average Bonchev–Trinajstić information content (AvgIpc) is 2.80. The molecule has 0 radical (unpaired) electrons. The van der Waals surface area contributed by atoms with E-state index in [9.17, 15) is 4.39 Å². The Labute approximate surface area is 108 Å². The molecule has 0 fully saturated rings. The van der Waals surface area contributed by atoms with Gasteiger partial charge in [-0.3, -0.25) is 0 Å². The molecular weight excluding hydrogens is 285 g/mol. The van der Waals surface area contributed by atoms with Gasteiger partial charge in [-0.25, -0.2) is 9.07 Å². The Hall–Kier alpha value is -1.23. The van der Waals surface area contributed by atoms with E-state index in [0.717, 1.165) is 17.7 Å². The molecule has 0 aliphatic carbocycles. The lowest BCUT2D eigenvalue weighted by atomic mass is 10.2. The van der Waals surface area contributed by atoms with E-state index in [-0.39, 0.29) is 10.6 Å². The molecule has 90 valence electrons. The van der Waals surface area contributed by atoms with Crippen LogP contribution in [0.25, 0.3) is 0 Å². The molecule has 1 aromatic heterocycles. The van der Waals surface area contributed by atoms with Crippen LogP contribution >= 0.6 is 15.9 Å². The lowest BCUT2D eigenvalue weighted by Gasteiger charge is -2.01. The molecule has 1 aromatic carbocycles. The van der Waals surface area contributed by atoms with Crippen molar-refractivity contribution >= 4 is 15.9 Å². The van der Waals surface area contributed by atoms with Crippen molar-refractivity contribution in [2.75, 3.05) is 0 Å². The maximum atomic E-state index is 12.7. The molecule has 2 rings (SSSR count). The number of benzene rings is 1. The van der Waals surface area contributed by atoms with Crippen LogP contribution in [0.1, 0.15) is 29.4 Å². The van der Waals surface area contributed by atoms with Gasteiger partial charge in [-0.05, 0) is 24.1 Å². The number of rotatable bonds is 4. The first-order valence-corrected chi connectivity index (χ1v) is 6.39. The second-order valence-electron chi connectivity index (χ2n) is 3.84. The number of hydrogen-bond acceptors (Lipinski definition) is 2. The quantitative estimate of drug-likeness (QED) is 0.811. The highest BCUT2D eigenvalue weighted by Gasteiger charge is 2.09. The van der Waals surface area contributed by atoms with Crippen LogP contribution in [0.3, 0.4) is 0 Å². The van der Waals surface area contributed by atoms with E-state index in [0.29, 0.717) is 6.54 Å². The van der Waals surface area contributed by atoms with Gasteiger partial charge in [0.25, 0.3) is 0 Å². The van der Waals surface area contributed by atoms with E-state index in [4.69, 9.17) is 0 Å². The molecule has 1 unspecified atom stereocenters. The average molecular weight is 298 g/mol. The monoisotopic (exact) mass is 297 g/mol. The van der Waals surface area contributed by atoms with Gasteiger partial charge in [-0.1, -0.05) is 40.2 Å². The molecule has 2 aromatic rings. The fourth-order valence-corrected chi connectivity index (χ4v) is 1.73. The summed E-state index contributed by atoms with van der Waals surface area (Å²) in [7, 11) is 0. The van der Waals surface area contributed by atoms with Gasteiger partial charge in [0, 0.05) is 6.20 Å². The van der Waals surface area contributed by atoms with E-state index in [1.165, 1.54) is 12.1 Å². The van der Waals surface area contributed by atoms with E-state index in [1.54, 1.807) is 16.8 Å². The second kappa shape index (κ2) is 5.40. The van der Waals surface area contributed by atoms with Crippen molar-refractivity contribution in [1.29, 1.82) is 0 Å². The third-order valence-corrected chi connectivity index (χ3v) is 3.61. The molecule has 1 heterocycles. The van der Waals surface area contributed by atoms with Crippen molar-refractivity contribution in [3.05, 3.63) is 47.5 Å². The van der Waals surface area contributed by atoms with Gasteiger partial charge in [0.2, 0.25) is 0 Å². The lowest BCUT2D eigenvalue weighted by molar-refractivity contribution is 0.621. The van der Waals surface area contributed by atoms with Crippen molar-refractivity contribution in [2.45, 2.75) is 24.7 Å². The van der Waals surface area contributed by atoms with Crippen molar-refractivity contribution in [3.8, 4) is 0 Å². The zero-order valence-electron chi connectivity index (χ0n) is 9.48. The largest absolute Gasteiger partial charge is 0.248 e. The standard InChI is InChI=1S/C12H13BrFN3/c1-2-11(13)12-8-17(16-15-12)7-9-3-5-10(14)6-4-9/h3-6,8,11H,2,7H2,1H3. The highest BCUT2D eigenvalue weighted by atomic mass is 79.9. The summed E-state index contributed by atoms with van der Waals surface area (Å²) in [6, 6.07) is 6.41. The second-order valence-corrected chi connectivity index (χ2v) is 4.95. The topological polar surface area (TPSA) is 30.7 Å². The molecule has 0 aliphatic rings. The van der Waals surface area contributed by atoms with E-state index in [1.807, 2.05) is 6.20 Å². The van der Waals surface area contributed by atoms with Crippen molar-refractivity contribution in [1.82, 2.24) is 15.0 Å². The Balaban J connectivity index is 2.08. The number of alkyl halides is 1. The molecule has 17 heavy (non-hydrogen) atoms. The summed E-state index contributed by atoms with van der Waals surface area (Å²) in [5, 5.41) is 8.14. The Bertz CT molecular complexity index is 481. The molecular formula is C12H13BrFN3. The first kappa shape index (κ1) is 12.2. The Morgan fingerprint density at radius 3 is 2.71 bits per heavy atom. The molecule has 0 bridgehead atoms. The summed E-state index contributed by atoms with van der Waals surface area (Å²) in [4.78, 5) is 0.240. The summed E-state index contributed by atoms with van der Waals surface area (Å²) in [5.74, 6) is -0.223. The minimum Gasteiger partial charge on any atom is -0.248 e. The van der Waals surface area contributed by atoms with E-state index >= 15 is 0 Å². The summed E-state index contributed by atoms with van der Waals surface area (Å²) < 4.78 is 14.5. The highest BCUT2D eigenvalue weighted by molar-refractivity contribution is 9.09. The molecule has 0 amide bonds. The number of aromatic nitrogens is 3. The summed E-state index contributed by atoms with van der Waals surface area (Å²) >= 11 is 3.53. The third-order valence-electron chi connectivity index (χ3n) is 2.49. The first-order valence-electron chi connectivity index (χ1n) is 5.47. The van der Waals surface area contributed by atoms with Crippen LogP contribution in [0.15, 0.2) is 30.5 Å². The summed E-state index contributed by atoms with van der Waals surface area (Å²) in [5.41, 5.74) is 1.93. The van der Waals surface area contributed by atoms with Crippen LogP contribution in [-0.4, -0.2) is 15.0 Å². The minimum absolute atomic E-state index is 0.223. The maximum Gasteiger partial charge on any atom is 0.123 e. The van der Waals surface area contributed by atoms with Gasteiger partial charge >= 0.3 is 0 Å². The van der Waals surface area contributed by atoms with Crippen molar-refractivity contribution in [2.24, 2.45) is 0 Å². The van der Waals surface area contributed by atoms with Gasteiger partial charge < -0.3 is 0 Å². The van der Waals surface area contributed by atoms with Crippen LogP contribution in [0.2, 0.25) is 0 Å². The van der Waals surface area contributed by atoms with Crippen LogP contribution < -0.4 is 0 Å². The van der Waals surface area contributed by atoms with Crippen molar-refractivity contribution in [3.63, 3.8) is 0 Å². The van der Waals surface area contributed by atoms with Gasteiger partial charge in [0.15, 0.2) is 0 Å². The zero-order valence-corrected chi connectivity index (χ0v) is 11.1. The first-order chi connectivity index (χ1) is 8.19. The fraction of sp³-hybridized carbons (Fsp3) is 0.333. The van der Waals surface area contributed by atoms with Crippen LogP contribution in [0, 0.1) is 5.82 Å². The van der Waals surface area contributed by atoms with Crippen molar-refractivity contribution < 1.29 is 4.39 Å². The molecule has 1 atom stereocenters. The number of hydrogen-bond donors (Lipinski definition) is 0. The highest BCUT2D eigenvalue weighted by Crippen LogP contribution is 2.23. The Morgan fingerprint density at radius 2 is 2.06 bits per heavy atom. The van der Waals surface area contributed by atoms with Crippen LogP contribution in [0.5, 0.6) is 0 Å². The number of halogens is 2. The minimum atomic E-state index is -0.223. The van der Waals surface area contributed by atoms with Gasteiger partial charge in [-0.2, -0.15) is 0 Å². The van der Waals surface area contributed by atoms with Gasteiger partial charge in [0.1, 0.15) is 5.82 Å². The van der Waals surface area contributed by atoms with E-state index < -0.39 is 0 Å². The molecule has 0 aliphatic heterocycles.